The van der Waals surface area contributed by atoms with Crippen molar-refractivity contribution < 1.29 is 14.5 Å². The monoisotopic (exact) mass is 321 g/mol. The minimum absolute atomic E-state index is 0.0422. The van der Waals surface area contributed by atoms with Crippen LogP contribution in [-0.4, -0.2) is 36.3 Å². The number of primary amides is 1. The first kappa shape index (κ1) is 16.1. The summed E-state index contributed by atoms with van der Waals surface area (Å²) in [5, 5.41) is 20.9. The maximum atomic E-state index is 12.5. The lowest BCUT2D eigenvalue weighted by Gasteiger charge is -2.23. The van der Waals surface area contributed by atoms with Crippen molar-refractivity contribution in [3.8, 4) is 0 Å². The fraction of sp³-hybridized carbons (Fsp3) is 0.333. The van der Waals surface area contributed by atoms with Gasteiger partial charge in [0.05, 0.1) is 16.8 Å². The Bertz CT molecular complexity index is 789. The number of carbonyl (C=O) groups excluding carboxylic acids is 2. The van der Waals surface area contributed by atoms with Gasteiger partial charge >= 0.3 is 5.69 Å². The van der Waals surface area contributed by atoms with Crippen LogP contribution in [-0.2, 0) is 17.4 Å². The average Bonchev–Trinajstić information content (AvgIpc) is 3.06. The van der Waals surface area contributed by atoms with E-state index in [4.69, 9.17) is 5.73 Å². The van der Waals surface area contributed by atoms with Crippen LogP contribution in [0.2, 0.25) is 0 Å². The topological polar surface area (TPSA) is 151 Å². The second-order valence-electron chi connectivity index (χ2n) is 5.31. The van der Waals surface area contributed by atoms with E-state index in [0.717, 1.165) is 12.4 Å². The summed E-state index contributed by atoms with van der Waals surface area (Å²) in [5.41, 5.74) is 3.98. The molecule has 0 fully saturated rings. The maximum Gasteiger partial charge on any atom is 0.307 e. The van der Waals surface area contributed by atoms with Crippen molar-refractivity contribution in [2.75, 3.05) is 5.32 Å². The molecule has 0 radical (unpaired) electrons. The molecule has 0 atom stereocenters. The zero-order valence-electron chi connectivity index (χ0n) is 12.7. The number of aryl methyl sites for hydroxylation is 1. The number of carbonyl (C=O) groups is 2. The molecule has 2 rings (SSSR count). The van der Waals surface area contributed by atoms with E-state index in [-0.39, 0.29) is 17.1 Å². The first-order valence-electron chi connectivity index (χ1n) is 6.47. The molecule has 2 heterocycles. The lowest BCUT2D eigenvalue weighted by molar-refractivity contribution is -0.385. The molecule has 0 unspecified atom stereocenters. The van der Waals surface area contributed by atoms with E-state index in [9.17, 15) is 19.7 Å². The second-order valence-corrected chi connectivity index (χ2v) is 5.31. The predicted octanol–water partition coefficient (Wildman–Crippen LogP) is -0.00250. The lowest BCUT2D eigenvalue weighted by Crippen LogP contribution is -2.41. The molecule has 2 amide bonds. The summed E-state index contributed by atoms with van der Waals surface area (Å²) in [7, 11) is 1.51. The van der Waals surface area contributed by atoms with E-state index >= 15 is 0 Å². The van der Waals surface area contributed by atoms with E-state index in [1.807, 2.05) is 0 Å². The molecule has 0 saturated carbocycles. The molecule has 0 aliphatic carbocycles. The van der Waals surface area contributed by atoms with E-state index in [0.29, 0.717) is 0 Å². The highest BCUT2D eigenvalue weighted by atomic mass is 16.6. The van der Waals surface area contributed by atoms with Crippen LogP contribution in [0.5, 0.6) is 0 Å². The minimum Gasteiger partial charge on any atom is -0.364 e. The molecule has 11 heteroatoms. The summed E-state index contributed by atoms with van der Waals surface area (Å²) in [6, 6.07) is 0. The maximum absolute atomic E-state index is 12.5. The summed E-state index contributed by atoms with van der Waals surface area (Å²) in [6.07, 6.45) is 3.49. The van der Waals surface area contributed by atoms with Crippen LogP contribution in [0.15, 0.2) is 18.6 Å². The van der Waals surface area contributed by atoms with Crippen LogP contribution in [0.3, 0.4) is 0 Å². The Hall–Kier alpha value is -3.24. The van der Waals surface area contributed by atoms with Gasteiger partial charge < -0.3 is 11.1 Å². The summed E-state index contributed by atoms with van der Waals surface area (Å²) < 4.78 is 2.41. The van der Waals surface area contributed by atoms with Gasteiger partial charge in [-0.05, 0) is 13.8 Å². The van der Waals surface area contributed by atoms with Gasteiger partial charge in [0.15, 0.2) is 0 Å². The van der Waals surface area contributed by atoms with Crippen LogP contribution in [0.4, 0.5) is 11.4 Å². The predicted molar refractivity (Wildman–Crippen MR) is 78.6 cm³/mol. The molecule has 122 valence electrons. The van der Waals surface area contributed by atoms with Gasteiger partial charge in [-0.15, -0.1) is 0 Å². The molecule has 0 spiro atoms. The Balaban J connectivity index is 2.28. The van der Waals surface area contributed by atoms with Crippen molar-refractivity contribution in [2.45, 2.75) is 19.4 Å². The van der Waals surface area contributed by atoms with E-state index in [1.54, 1.807) is 0 Å². The number of nitrogens with one attached hydrogen (secondary N) is 1. The van der Waals surface area contributed by atoms with E-state index in [1.165, 1.54) is 36.5 Å². The Morgan fingerprint density at radius 2 is 2.00 bits per heavy atom. The Labute approximate surface area is 130 Å². The zero-order valence-corrected chi connectivity index (χ0v) is 12.7. The van der Waals surface area contributed by atoms with Crippen molar-refractivity contribution in [1.29, 1.82) is 0 Å². The minimum atomic E-state index is -1.24. The van der Waals surface area contributed by atoms with Gasteiger partial charge in [0.25, 0.3) is 11.8 Å². The van der Waals surface area contributed by atoms with Crippen molar-refractivity contribution in [3.63, 3.8) is 0 Å². The van der Waals surface area contributed by atoms with Gasteiger partial charge in [0.1, 0.15) is 23.6 Å². The van der Waals surface area contributed by atoms with Crippen molar-refractivity contribution >= 4 is 23.2 Å². The molecular weight excluding hydrogens is 306 g/mol. The molecule has 0 bridgehead atoms. The highest BCUT2D eigenvalue weighted by Gasteiger charge is 2.33. The third-order valence-corrected chi connectivity index (χ3v) is 3.33. The van der Waals surface area contributed by atoms with E-state index in [2.05, 4.69) is 15.5 Å². The zero-order chi connectivity index (χ0) is 17.4. The molecule has 0 aliphatic rings. The first-order valence-corrected chi connectivity index (χ1v) is 6.47. The van der Waals surface area contributed by atoms with Gasteiger partial charge in [-0.3, -0.25) is 29.1 Å². The molecule has 0 aromatic carbocycles. The SMILES string of the molecule is Cn1ncc(NC(=O)C(C)(C)n2cc([N+](=O)[O-])cn2)c1C(N)=O. The summed E-state index contributed by atoms with van der Waals surface area (Å²) in [4.78, 5) is 34.0. The number of hydrogen-bond acceptors (Lipinski definition) is 6. The van der Waals surface area contributed by atoms with Crippen molar-refractivity contribution in [1.82, 2.24) is 19.6 Å². The molecule has 23 heavy (non-hydrogen) atoms. The fourth-order valence-corrected chi connectivity index (χ4v) is 1.91. The molecule has 0 aliphatic heterocycles. The average molecular weight is 321 g/mol. The first-order chi connectivity index (χ1) is 10.6. The highest BCUT2D eigenvalue weighted by Crippen LogP contribution is 2.22. The van der Waals surface area contributed by atoms with Crippen LogP contribution in [0.25, 0.3) is 0 Å². The van der Waals surface area contributed by atoms with Gasteiger partial charge in [-0.2, -0.15) is 10.2 Å². The number of nitrogens with two attached hydrogens (primary N) is 1. The van der Waals surface area contributed by atoms with Crippen LogP contribution < -0.4 is 11.1 Å². The summed E-state index contributed by atoms with van der Waals surface area (Å²) >= 11 is 0. The van der Waals surface area contributed by atoms with E-state index < -0.39 is 22.3 Å². The third kappa shape index (κ3) is 2.88. The standard InChI is InChI=1S/C12H15N7O4/c1-12(2,18-6-7(4-15-18)19(22)23)11(21)16-8-5-14-17(3)9(8)10(13)20/h4-6H,1-3H3,(H2,13,20)(H,16,21). The highest BCUT2D eigenvalue weighted by molar-refractivity contribution is 6.03. The molecule has 0 saturated heterocycles. The fourth-order valence-electron chi connectivity index (χ4n) is 1.91. The van der Waals surface area contributed by atoms with Crippen molar-refractivity contribution in [3.05, 3.63) is 34.4 Å². The second kappa shape index (κ2) is 5.51. The Morgan fingerprint density at radius 1 is 1.35 bits per heavy atom. The van der Waals surface area contributed by atoms with Crippen molar-refractivity contribution in [2.24, 2.45) is 12.8 Å². The Morgan fingerprint density at radius 3 is 2.52 bits per heavy atom. The number of anilines is 1. The number of amides is 2. The van der Waals surface area contributed by atoms with Gasteiger partial charge in [0, 0.05) is 7.05 Å². The molecular formula is C12H15N7O4. The lowest BCUT2D eigenvalue weighted by atomic mass is 10.0. The number of nitro groups is 1. The summed E-state index contributed by atoms with van der Waals surface area (Å²) in [6.45, 7) is 3.05. The summed E-state index contributed by atoms with van der Waals surface area (Å²) in [5.74, 6) is -1.28. The van der Waals surface area contributed by atoms with Crippen LogP contribution in [0.1, 0.15) is 24.3 Å². The smallest absolute Gasteiger partial charge is 0.307 e. The quantitative estimate of drug-likeness (QED) is 0.584. The molecule has 2 aromatic heterocycles. The number of hydrogen-bond donors (Lipinski definition) is 2. The molecule has 11 nitrogen and oxygen atoms in total. The third-order valence-electron chi connectivity index (χ3n) is 3.33. The van der Waals surface area contributed by atoms with Crippen LogP contribution >= 0.6 is 0 Å². The normalized spacial score (nSPS) is 11.3. The van der Waals surface area contributed by atoms with Gasteiger partial charge in [-0.1, -0.05) is 0 Å². The van der Waals surface area contributed by atoms with Gasteiger partial charge in [0.2, 0.25) is 0 Å². The number of rotatable bonds is 5. The number of aromatic nitrogens is 4. The Kier molecular flexibility index (Phi) is 3.87. The van der Waals surface area contributed by atoms with Gasteiger partial charge in [-0.25, -0.2) is 0 Å². The largest absolute Gasteiger partial charge is 0.364 e. The molecule has 3 N–H and O–H groups in total. The molecule has 2 aromatic rings. The van der Waals surface area contributed by atoms with Crippen LogP contribution in [0, 0.1) is 10.1 Å². The number of nitrogens with zero attached hydrogens (tertiary/aromatic N) is 5.